The zero-order chi connectivity index (χ0) is 16.6. The number of carboxylic acid groups (broad SMARTS) is 1. The highest BCUT2D eigenvalue weighted by atomic mass is 32.2. The zero-order valence-electron chi connectivity index (χ0n) is 12.1. The summed E-state index contributed by atoms with van der Waals surface area (Å²) in [7, 11) is -3.74. The second kappa shape index (κ2) is 5.44. The summed E-state index contributed by atoms with van der Waals surface area (Å²) >= 11 is 0. The number of nitrogens with one attached hydrogen (secondary N) is 1. The summed E-state index contributed by atoms with van der Waals surface area (Å²) in [4.78, 5) is 11.4. The molecule has 6 nitrogen and oxygen atoms in total. The number of aryl methyl sites for hydroxylation is 1. The van der Waals surface area contributed by atoms with E-state index in [2.05, 4.69) is 4.72 Å². The van der Waals surface area contributed by atoms with Gasteiger partial charge in [-0.3, -0.25) is 4.72 Å². The van der Waals surface area contributed by atoms with E-state index >= 15 is 0 Å². The Labute approximate surface area is 132 Å². The first kappa shape index (κ1) is 15.1. The highest BCUT2D eigenvalue weighted by molar-refractivity contribution is 7.92. The average Bonchev–Trinajstić information content (AvgIpc) is 2.83. The van der Waals surface area contributed by atoms with Crippen LogP contribution >= 0.6 is 0 Å². The Morgan fingerprint density at radius 1 is 1.13 bits per heavy atom. The predicted octanol–water partition coefficient (Wildman–Crippen LogP) is 3.24. The van der Waals surface area contributed by atoms with E-state index in [1.807, 2.05) is 0 Å². The lowest BCUT2D eigenvalue weighted by Crippen LogP contribution is -2.12. The fourth-order valence-electron chi connectivity index (χ4n) is 2.36. The molecule has 2 N–H and O–H groups in total. The summed E-state index contributed by atoms with van der Waals surface area (Å²) < 4.78 is 32.4. The van der Waals surface area contributed by atoms with Crippen LogP contribution in [0.5, 0.6) is 0 Å². The molecule has 0 amide bonds. The summed E-state index contributed by atoms with van der Waals surface area (Å²) in [6.45, 7) is 1.55. The van der Waals surface area contributed by atoms with Crippen molar-refractivity contribution in [1.29, 1.82) is 0 Å². The predicted molar refractivity (Wildman–Crippen MR) is 85.2 cm³/mol. The molecule has 23 heavy (non-hydrogen) atoms. The van der Waals surface area contributed by atoms with Gasteiger partial charge in [0.2, 0.25) is 0 Å². The number of carbonyl (C=O) groups is 1. The third-order valence-electron chi connectivity index (χ3n) is 3.38. The Morgan fingerprint density at radius 2 is 1.83 bits per heavy atom. The van der Waals surface area contributed by atoms with Crippen LogP contribution in [0.25, 0.3) is 11.0 Å². The van der Waals surface area contributed by atoms with Crippen molar-refractivity contribution < 1.29 is 22.7 Å². The van der Waals surface area contributed by atoms with Crippen LogP contribution in [-0.4, -0.2) is 19.5 Å². The highest BCUT2D eigenvalue weighted by Gasteiger charge is 2.19. The molecule has 1 aromatic heterocycles. The molecule has 3 aromatic rings. The van der Waals surface area contributed by atoms with Crippen LogP contribution in [0.3, 0.4) is 0 Å². The van der Waals surface area contributed by atoms with Gasteiger partial charge in [-0.25, -0.2) is 13.2 Å². The van der Waals surface area contributed by atoms with E-state index < -0.39 is 16.0 Å². The van der Waals surface area contributed by atoms with Crippen molar-refractivity contribution in [2.24, 2.45) is 0 Å². The fourth-order valence-corrected chi connectivity index (χ4v) is 3.43. The summed E-state index contributed by atoms with van der Waals surface area (Å²) in [6.07, 6.45) is 0. The van der Waals surface area contributed by atoms with Crippen molar-refractivity contribution in [2.75, 3.05) is 4.72 Å². The van der Waals surface area contributed by atoms with Gasteiger partial charge in [0.15, 0.2) is 0 Å². The Kier molecular flexibility index (Phi) is 3.57. The monoisotopic (exact) mass is 331 g/mol. The van der Waals surface area contributed by atoms with Gasteiger partial charge in [-0.15, -0.1) is 0 Å². The molecule has 0 aliphatic heterocycles. The topological polar surface area (TPSA) is 96.6 Å². The van der Waals surface area contributed by atoms with E-state index in [4.69, 9.17) is 4.42 Å². The van der Waals surface area contributed by atoms with Crippen molar-refractivity contribution in [3.05, 3.63) is 59.9 Å². The van der Waals surface area contributed by atoms with Gasteiger partial charge in [-0.1, -0.05) is 18.2 Å². The maximum Gasteiger partial charge on any atom is 0.339 e. The molecule has 2 aromatic carbocycles. The summed E-state index contributed by atoms with van der Waals surface area (Å²) in [6, 6.07) is 12.4. The van der Waals surface area contributed by atoms with Gasteiger partial charge in [-0.05, 0) is 37.3 Å². The number of hydrogen-bond donors (Lipinski definition) is 2. The van der Waals surface area contributed by atoms with Crippen molar-refractivity contribution in [3.63, 3.8) is 0 Å². The maximum absolute atomic E-state index is 12.3. The molecule has 7 heteroatoms. The Bertz CT molecular complexity index is 990. The molecule has 0 saturated heterocycles. The number of aromatic carboxylic acids is 1. The highest BCUT2D eigenvalue weighted by Crippen LogP contribution is 2.29. The Morgan fingerprint density at radius 3 is 2.48 bits per heavy atom. The lowest BCUT2D eigenvalue weighted by Gasteiger charge is -2.08. The Balaban J connectivity index is 2.05. The molecule has 0 aliphatic carbocycles. The van der Waals surface area contributed by atoms with Gasteiger partial charge in [-0.2, -0.15) is 0 Å². The molecule has 0 fully saturated rings. The minimum atomic E-state index is -3.74. The van der Waals surface area contributed by atoms with E-state index in [0.717, 1.165) is 0 Å². The number of carboxylic acids is 1. The first-order chi connectivity index (χ1) is 10.9. The van der Waals surface area contributed by atoms with Crippen LogP contribution in [0.1, 0.15) is 16.1 Å². The Hall–Kier alpha value is -2.80. The second-order valence-corrected chi connectivity index (χ2v) is 6.65. The molecular formula is C16H13NO5S. The van der Waals surface area contributed by atoms with E-state index in [0.29, 0.717) is 11.0 Å². The van der Waals surface area contributed by atoms with Gasteiger partial charge in [0.1, 0.15) is 16.9 Å². The fraction of sp³-hybridized carbons (Fsp3) is 0.0625. The molecule has 0 radical (unpaired) electrons. The van der Waals surface area contributed by atoms with Crippen LogP contribution in [0.2, 0.25) is 0 Å². The first-order valence-electron chi connectivity index (χ1n) is 6.73. The molecule has 0 saturated carbocycles. The maximum atomic E-state index is 12.3. The lowest BCUT2D eigenvalue weighted by molar-refractivity contribution is 0.0697. The zero-order valence-corrected chi connectivity index (χ0v) is 12.9. The molecule has 0 atom stereocenters. The number of fused-ring (bicyclic) bond motifs is 1. The van der Waals surface area contributed by atoms with Crippen LogP contribution in [0.4, 0.5) is 5.69 Å². The average molecular weight is 331 g/mol. The summed E-state index contributed by atoms with van der Waals surface area (Å²) in [5.41, 5.74) is 0.688. The summed E-state index contributed by atoms with van der Waals surface area (Å²) in [5.74, 6) is -0.847. The van der Waals surface area contributed by atoms with E-state index in [1.165, 1.54) is 30.3 Å². The molecule has 0 bridgehead atoms. The van der Waals surface area contributed by atoms with Crippen molar-refractivity contribution in [2.45, 2.75) is 11.8 Å². The van der Waals surface area contributed by atoms with Crippen molar-refractivity contribution in [1.82, 2.24) is 0 Å². The van der Waals surface area contributed by atoms with Gasteiger partial charge < -0.3 is 9.52 Å². The minimum Gasteiger partial charge on any atom is -0.478 e. The number of rotatable bonds is 4. The van der Waals surface area contributed by atoms with Crippen molar-refractivity contribution in [3.8, 4) is 0 Å². The van der Waals surface area contributed by atoms with Gasteiger partial charge in [0.25, 0.3) is 10.0 Å². The molecule has 0 unspecified atom stereocenters. The normalized spacial score (nSPS) is 11.5. The van der Waals surface area contributed by atoms with Gasteiger partial charge in [0, 0.05) is 11.1 Å². The number of anilines is 1. The van der Waals surface area contributed by atoms with E-state index in [9.17, 15) is 18.3 Å². The standard InChI is InChI=1S/C16H13NO5S/c1-10-15(16(18)19)13-9-11(7-8-14(13)22-10)17-23(20,21)12-5-3-2-4-6-12/h2-9,17H,1H3,(H,18,19). The lowest BCUT2D eigenvalue weighted by atomic mass is 10.1. The molecular weight excluding hydrogens is 318 g/mol. The number of furan rings is 1. The van der Waals surface area contributed by atoms with Crippen molar-refractivity contribution >= 4 is 32.6 Å². The second-order valence-electron chi connectivity index (χ2n) is 4.97. The molecule has 1 heterocycles. The van der Waals surface area contributed by atoms with E-state index in [-0.39, 0.29) is 21.9 Å². The van der Waals surface area contributed by atoms with Crippen LogP contribution in [0, 0.1) is 6.92 Å². The molecule has 0 aliphatic rings. The number of benzene rings is 2. The third-order valence-corrected chi connectivity index (χ3v) is 4.78. The SMILES string of the molecule is Cc1oc2ccc(NS(=O)(=O)c3ccccc3)cc2c1C(=O)O. The first-order valence-corrected chi connectivity index (χ1v) is 8.21. The largest absolute Gasteiger partial charge is 0.478 e. The number of sulfonamides is 1. The summed E-state index contributed by atoms with van der Waals surface area (Å²) in [5, 5.41) is 9.61. The molecule has 118 valence electrons. The van der Waals surface area contributed by atoms with Crippen LogP contribution < -0.4 is 4.72 Å². The van der Waals surface area contributed by atoms with Gasteiger partial charge in [0.05, 0.1) is 4.90 Å². The van der Waals surface area contributed by atoms with Crippen LogP contribution in [-0.2, 0) is 10.0 Å². The van der Waals surface area contributed by atoms with Crippen LogP contribution in [0.15, 0.2) is 57.8 Å². The minimum absolute atomic E-state index is 0.0285. The van der Waals surface area contributed by atoms with Gasteiger partial charge >= 0.3 is 5.97 Å². The third kappa shape index (κ3) is 2.78. The quantitative estimate of drug-likeness (QED) is 0.765. The number of hydrogen-bond acceptors (Lipinski definition) is 4. The smallest absolute Gasteiger partial charge is 0.339 e. The van der Waals surface area contributed by atoms with E-state index in [1.54, 1.807) is 25.1 Å². The molecule has 3 rings (SSSR count). The molecule has 0 spiro atoms.